The average Bonchev–Trinajstić information content (AvgIpc) is 2.47. The van der Waals surface area contributed by atoms with Crippen LogP contribution in [0.1, 0.15) is 15.9 Å². The van der Waals surface area contributed by atoms with Gasteiger partial charge in [0.2, 0.25) is 0 Å². The molecule has 2 rings (SSSR count). The molecule has 0 aliphatic carbocycles. The smallest absolute Gasteiger partial charge is 0.416 e. The first kappa shape index (κ1) is 15.7. The summed E-state index contributed by atoms with van der Waals surface area (Å²) in [6, 6.07) is 8.20. The quantitative estimate of drug-likeness (QED) is 0.919. The summed E-state index contributed by atoms with van der Waals surface area (Å²) >= 11 is 0. The van der Waals surface area contributed by atoms with Crippen LogP contribution >= 0.6 is 0 Å². The van der Waals surface area contributed by atoms with Crippen LogP contribution in [0.3, 0.4) is 0 Å². The zero-order chi connectivity index (χ0) is 16.3. The van der Waals surface area contributed by atoms with E-state index in [0.29, 0.717) is 5.75 Å². The van der Waals surface area contributed by atoms with Gasteiger partial charge in [-0.1, -0.05) is 6.07 Å². The molecule has 2 aromatic rings. The van der Waals surface area contributed by atoms with Gasteiger partial charge < -0.3 is 14.6 Å². The molecule has 0 aromatic heterocycles. The molecule has 0 aliphatic rings. The Balaban J connectivity index is 2.37. The number of aromatic carboxylic acids is 1. The van der Waals surface area contributed by atoms with Crippen LogP contribution in [-0.4, -0.2) is 18.2 Å². The molecular weight excluding hydrogens is 301 g/mol. The number of hydrogen-bond donors (Lipinski definition) is 1. The van der Waals surface area contributed by atoms with Crippen molar-refractivity contribution in [3.05, 3.63) is 53.6 Å². The first-order chi connectivity index (χ1) is 10.3. The third kappa shape index (κ3) is 3.49. The minimum Gasteiger partial charge on any atom is -0.497 e. The molecule has 0 aliphatic heterocycles. The molecule has 0 radical (unpaired) electrons. The summed E-state index contributed by atoms with van der Waals surface area (Å²) in [5.41, 5.74) is -1.09. The Morgan fingerprint density at radius 2 is 1.82 bits per heavy atom. The second kappa shape index (κ2) is 5.97. The Morgan fingerprint density at radius 1 is 1.09 bits per heavy atom. The van der Waals surface area contributed by atoms with Gasteiger partial charge in [-0.3, -0.25) is 0 Å². The molecular formula is C15H11F3O4. The van der Waals surface area contributed by atoms with E-state index < -0.39 is 17.7 Å². The molecule has 22 heavy (non-hydrogen) atoms. The number of halogens is 3. The van der Waals surface area contributed by atoms with E-state index in [1.54, 1.807) is 0 Å². The summed E-state index contributed by atoms with van der Waals surface area (Å²) in [7, 11) is 1.37. The lowest BCUT2D eigenvalue weighted by molar-refractivity contribution is -0.137. The molecule has 7 heteroatoms. The second-order valence-electron chi connectivity index (χ2n) is 4.29. The van der Waals surface area contributed by atoms with Gasteiger partial charge in [-0.15, -0.1) is 0 Å². The van der Waals surface area contributed by atoms with Gasteiger partial charge in [0, 0.05) is 0 Å². The van der Waals surface area contributed by atoms with Gasteiger partial charge in [0.15, 0.2) is 0 Å². The molecule has 0 atom stereocenters. The van der Waals surface area contributed by atoms with Gasteiger partial charge in [-0.05, 0) is 36.4 Å². The van der Waals surface area contributed by atoms with Gasteiger partial charge in [0.05, 0.1) is 12.7 Å². The number of carbonyl (C=O) groups is 1. The van der Waals surface area contributed by atoms with Crippen molar-refractivity contribution in [1.82, 2.24) is 0 Å². The SMILES string of the molecule is COc1ccc(Oc2cccc(C(F)(F)F)c2)c(C(=O)O)c1. The van der Waals surface area contributed by atoms with Crippen LogP contribution in [0.2, 0.25) is 0 Å². The van der Waals surface area contributed by atoms with Crippen LogP contribution in [0.4, 0.5) is 13.2 Å². The fraction of sp³-hybridized carbons (Fsp3) is 0.133. The molecule has 0 amide bonds. The topological polar surface area (TPSA) is 55.8 Å². The number of benzene rings is 2. The minimum absolute atomic E-state index is 0.0763. The van der Waals surface area contributed by atoms with Crippen molar-refractivity contribution in [3.8, 4) is 17.2 Å². The van der Waals surface area contributed by atoms with E-state index in [1.807, 2.05) is 0 Å². The van der Waals surface area contributed by atoms with E-state index in [0.717, 1.165) is 12.1 Å². The van der Waals surface area contributed by atoms with E-state index in [9.17, 15) is 18.0 Å². The second-order valence-corrected chi connectivity index (χ2v) is 4.29. The van der Waals surface area contributed by atoms with Crippen molar-refractivity contribution < 1.29 is 32.5 Å². The fourth-order valence-electron chi connectivity index (χ4n) is 1.76. The molecule has 0 saturated heterocycles. The van der Waals surface area contributed by atoms with E-state index >= 15 is 0 Å². The number of hydrogen-bond acceptors (Lipinski definition) is 3. The molecule has 0 fully saturated rings. The maximum atomic E-state index is 12.6. The highest BCUT2D eigenvalue weighted by atomic mass is 19.4. The fourth-order valence-corrected chi connectivity index (χ4v) is 1.76. The van der Waals surface area contributed by atoms with Gasteiger partial charge in [-0.2, -0.15) is 13.2 Å². The number of ether oxygens (including phenoxy) is 2. The summed E-state index contributed by atoms with van der Waals surface area (Å²) in [6.07, 6.45) is -4.51. The third-order valence-corrected chi connectivity index (χ3v) is 2.81. The van der Waals surface area contributed by atoms with Crippen LogP contribution in [0, 0.1) is 0 Å². The maximum Gasteiger partial charge on any atom is 0.416 e. The van der Waals surface area contributed by atoms with Crippen LogP contribution in [0.5, 0.6) is 17.2 Å². The summed E-state index contributed by atoms with van der Waals surface area (Å²) in [5.74, 6) is -1.16. The molecule has 0 unspecified atom stereocenters. The van der Waals surface area contributed by atoms with E-state index in [4.69, 9.17) is 14.6 Å². The van der Waals surface area contributed by atoms with E-state index in [2.05, 4.69) is 0 Å². The van der Waals surface area contributed by atoms with Crippen LogP contribution in [0.25, 0.3) is 0 Å². The first-order valence-electron chi connectivity index (χ1n) is 6.07. The molecule has 1 N–H and O–H groups in total. The van der Waals surface area contributed by atoms with Crippen molar-refractivity contribution in [2.75, 3.05) is 7.11 Å². The Morgan fingerprint density at radius 3 is 2.41 bits per heavy atom. The third-order valence-electron chi connectivity index (χ3n) is 2.81. The summed E-state index contributed by atoms with van der Waals surface area (Å²) < 4.78 is 48.1. The molecule has 0 spiro atoms. The van der Waals surface area contributed by atoms with Gasteiger partial charge >= 0.3 is 12.1 Å². The van der Waals surface area contributed by atoms with Crippen LogP contribution < -0.4 is 9.47 Å². The Bertz CT molecular complexity index is 695. The summed E-state index contributed by atoms with van der Waals surface area (Å²) in [5, 5.41) is 9.13. The largest absolute Gasteiger partial charge is 0.497 e. The minimum atomic E-state index is -4.51. The maximum absolute atomic E-state index is 12.6. The highest BCUT2D eigenvalue weighted by Crippen LogP contribution is 2.34. The van der Waals surface area contributed by atoms with Crippen LogP contribution in [0.15, 0.2) is 42.5 Å². The lowest BCUT2D eigenvalue weighted by Crippen LogP contribution is -2.05. The van der Waals surface area contributed by atoms with Gasteiger partial charge in [-0.25, -0.2) is 4.79 Å². The monoisotopic (exact) mass is 312 g/mol. The summed E-state index contributed by atoms with van der Waals surface area (Å²) in [4.78, 5) is 11.2. The number of alkyl halides is 3. The van der Waals surface area contributed by atoms with Crippen molar-refractivity contribution in [3.63, 3.8) is 0 Å². The van der Waals surface area contributed by atoms with E-state index in [-0.39, 0.29) is 17.1 Å². The Hall–Kier alpha value is -2.70. The van der Waals surface area contributed by atoms with Crippen molar-refractivity contribution in [2.45, 2.75) is 6.18 Å². The van der Waals surface area contributed by atoms with Gasteiger partial charge in [0.1, 0.15) is 22.8 Å². The lowest BCUT2D eigenvalue weighted by Gasteiger charge is -2.12. The molecule has 0 saturated carbocycles. The Labute approximate surface area is 123 Å². The van der Waals surface area contributed by atoms with Crippen molar-refractivity contribution in [2.24, 2.45) is 0 Å². The lowest BCUT2D eigenvalue weighted by atomic mass is 10.2. The predicted octanol–water partition coefficient (Wildman–Crippen LogP) is 4.20. The summed E-state index contributed by atoms with van der Waals surface area (Å²) in [6.45, 7) is 0. The Kier molecular flexibility index (Phi) is 4.25. The highest BCUT2D eigenvalue weighted by Gasteiger charge is 2.30. The number of rotatable bonds is 4. The van der Waals surface area contributed by atoms with Crippen LogP contribution in [-0.2, 0) is 6.18 Å². The van der Waals surface area contributed by atoms with Crippen molar-refractivity contribution >= 4 is 5.97 Å². The molecule has 116 valence electrons. The zero-order valence-electron chi connectivity index (χ0n) is 11.3. The standard InChI is InChI=1S/C15H11F3O4/c1-21-10-5-6-13(12(8-10)14(19)20)22-11-4-2-3-9(7-11)15(16,17)18/h2-8H,1H3,(H,19,20). The van der Waals surface area contributed by atoms with E-state index in [1.165, 1.54) is 37.4 Å². The first-order valence-corrected chi connectivity index (χ1v) is 6.07. The molecule has 2 aromatic carbocycles. The number of methoxy groups -OCH3 is 1. The highest BCUT2D eigenvalue weighted by molar-refractivity contribution is 5.91. The molecule has 4 nitrogen and oxygen atoms in total. The molecule has 0 heterocycles. The molecule has 0 bridgehead atoms. The average molecular weight is 312 g/mol. The van der Waals surface area contributed by atoms with Gasteiger partial charge in [0.25, 0.3) is 0 Å². The number of carboxylic acids is 1. The number of carboxylic acid groups (broad SMARTS) is 1. The van der Waals surface area contributed by atoms with Crippen molar-refractivity contribution in [1.29, 1.82) is 0 Å². The normalized spacial score (nSPS) is 11.1. The predicted molar refractivity (Wildman–Crippen MR) is 71.5 cm³/mol. The zero-order valence-corrected chi connectivity index (χ0v) is 11.3.